The lowest BCUT2D eigenvalue weighted by molar-refractivity contribution is 0.452. The van der Waals surface area contributed by atoms with Crippen LogP contribution in [0, 0.1) is 12.7 Å². The average Bonchev–Trinajstić information content (AvgIpc) is 2.43. The van der Waals surface area contributed by atoms with Gasteiger partial charge in [-0.3, -0.25) is 0 Å². The quantitative estimate of drug-likeness (QED) is 0.664. The first-order valence-corrected chi connectivity index (χ1v) is 6.78. The van der Waals surface area contributed by atoms with Crippen LogP contribution < -0.4 is 16.0 Å². The normalized spacial score (nSPS) is 10.8. The molecule has 0 unspecified atom stereocenters. The van der Waals surface area contributed by atoms with E-state index in [0.29, 0.717) is 28.8 Å². The molecular weight excluding hydrogens is 295 g/mol. The van der Waals surface area contributed by atoms with E-state index >= 15 is 0 Å². The highest BCUT2D eigenvalue weighted by Crippen LogP contribution is 2.32. The van der Waals surface area contributed by atoms with Crippen molar-refractivity contribution in [3.8, 4) is 11.6 Å². The van der Waals surface area contributed by atoms with Crippen LogP contribution in [-0.2, 0) is 0 Å². The van der Waals surface area contributed by atoms with Gasteiger partial charge in [0, 0.05) is 5.92 Å². The van der Waals surface area contributed by atoms with Crippen LogP contribution in [0.5, 0.6) is 11.6 Å². The molecule has 3 N–H and O–H groups in total. The monoisotopic (exact) mass is 310 g/mol. The highest BCUT2D eigenvalue weighted by molar-refractivity contribution is 6.32. The number of anilines is 1. The van der Waals surface area contributed by atoms with Crippen molar-refractivity contribution in [1.82, 2.24) is 9.97 Å². The van der Waals surface area contributed by atoms with Crippen molar-refractivity contribution in [3.63, 3.8) is 0 Å². The van der Waals surface area contributed by atoms with Gasteiger partial charge in [-0.05, 0) is 25.1 Å². The maximum atomic E-state index is 13.1. The Morgan fingerprint density at radius 1 is 1.33 bits per heavy atom. The summed E-state index contributed by atoms with van der Waals surface area (Å²) in [4.78, 5) is 8.67. The molecule has 0 saturated heterocycles. The topological polar surface area (TPSA) is 73.1 Å². The van der Waals surface area contributed by atoms with Crippen LogP contribution in [0.15, 0.2) is 18.2 Å². The molecular formula is C14H16ClFN4O. The molecule has 0 atom stereocenters. The molecule has 2 aromatic rings. The van der Waals surface area contributed by atoms with Crippen molar-refractivity contribution in [2.45, 2.75) is 26.7 Å². The standard InChI is InChI=1S/C14H16ClFN4O/c1-7(2)12-18-13(20-17)8(3)14(19-12)21-11-5-4-9(16)6-10(11)15/h4-7H,17H2,1-3H3,(H,18,19,20). The average molecular weight is 311 g/mol. The van der Waals surface area contributed by atoms with Crippen molar-refractivity contribution >= 4 is 17.4 Å². The predicted molar refractivity (Wildman–Crippen MR) is 80.2 cm³/mol. The van der Waals surface area contributed by atoms with Gasteiger partial charge in [0.15, 0.2) is 5.82 Å². The van der Waals surface area contributed by atoms with Gasteiger partial charge >= 0.3 is 0 Å². The van der Waals surface area contributed by atoms with E-state index in [1.807, 2.05) is 13.8 Å². The minimum atomic E-state index is -0.432. The maximum Gasteiger partial charge on any atom is 0.227 e. The molecule has 1 aromatic heterocycles. The Morgan fingerprint density at radius 2 is 2.05 bits per heavy atom. The number of nitrogens with zero attached hydrogens (tertiary/aromatic N) is 2. The third-order valence-corrected chi connectivity index (χ3v) is 3.17. The van der Waals surface area contributed by atoms with Crippen molar-refractivity contribution in [2.75, 3.05) is 5.43 Å². The Hall–Kier alpha value is -1.92. The molecule has 0 amide bonds. The Bertz CT molecular complexity index is 664. The number of hydrazine groups is 1. The Balaban J connectivity index is 2.45. The Morgan fingerprint density at radius 3 is 2.62 bits per heavy atom. The minimum absolute atomic E-state index is 0.101. The van der Waals surface area contributed by atoms with E-state index in [4.69, 9.17) is 22.2 Å². The first kappa shape index (κ1) is 15.5. The van der Waals surface area contributed by atoms with E-state index in [-0.39, 0.29) is 10.9 Å². The zero-order valence-electron chi connectivity index (χ0n) is 11.9. The fraction of sp³-hybridized carbons (Fsp3) is 0.286. The van der Waals surface area contributed by atoms with Crippen LogP contribution in [0.25, 0.3) is 0 Å². The van der Waals surface area contributed by atoms with Crippen molar-refractivity contribution in [1.29, 1.82) is 0 Å². The maximum absolute atomic E-state index is 13.1. The summed E-state index contributed by atoms with van der Waals surface area (Å²) in [5.74, 6) is 6.83. The van der Waals surface area contributed by atoms with E-state index in [2.05, 4.69) is 15.4 Å². The second-order valence-electron chi connectivity index (χ2n) is 4.84. The number of ether oxygens (including phenoxy) is 1. The summed E-state index contributed by atoms with van der Waals surface area (Å²) in [6.07, 6.45) is 0. The lowest BCUT2D eigenvalue weighted by atomic mass is 10.2. The molecule has 21 heavy (non-hydrogen) atoms. The summed E-state index contributed by atoms with van der Waals surface area (Å²) in [6.45, 7) is 5.69. The number of hydrogen-bond acceptors (Lipinski definition) is 5. The molecule has 0 spiro atoms. The molecule has 0 aliphatic heterocycles. The van der Waals surface area contributed by atoms with Crippen molar-refractivity contribution in [2.24, 2.45) is 5.84 Å². The Labute approximate surface area is 127 Å². The number of benzene rings is 1. The summed E-state index contributed by atoms with van der Waals surface area (Å²) >= 11 is 5.96. The SMILES string of the molecule is Cc1c(NN)nc(C(C)C)nc1Oc1ccc(F)cc1Cl. The molecule has 0 radical (unpaired) electrons. The summed E-state index contributed by atoms with van der Waals surface area (Å²) < 4.78 is 18.7. The zero-order valence-corrected chi connectivity index (χ0v) is 12.7. The van der Waals surface area contributed by atoms with Gasteiger partial charge in [-0.25, -0.2) is 15.2 Å². The molecule has 2 rings (SSSR count). The van der Waals surface area contributed by atoms with Gasteiger partial charge in [0.2, 0.25) is 5.88 Å². The van der Waals surface area contributed by atoms with Crippen molar-refractivity contribution < 1.29 is 9.13 Å². The Kier molecular flexibility index (Phi) is 4.59. The molecule has 0 aliphatic rings. The fourth-order valence-corrected chi connectivity index (χ4v) is 1.88. The molecule has 112 valence electrons. The smallest absolute Gasteiger partial charge is 0.227 e. The highest BCUT2D eigenvalue weighted by Gasteiger charge is 2.15. The molecule has 1 aromatic carbocycles. The number of halogens is 2. The van der Waals surface area contributed by atoms with Gasteiger partial charge in [0.1, 0.15) is 17.4 Å². The first-order chi connectivity index (χ1) is 9.92. The number of nitrogens with two attached hydrogens (primary N) is 1. The van der Waals surface area contributed by atoms with Gasteiger partial charge in [-0.1, -0.05) is 25.4 Å². The second kappa shape index (κ2) is 6.24. The fourth-order valence-electron chi connectivity index (χ4n) is 1.67. The third-order valence-electron chi connectivity index (χ3n) is 2.87. The lowest BCUT2D eigenvalue weighted by Crippen LogP contribution is -2.13. The number of nitrogens with one attached hydrogen (secondary N) is 1. The summed E-state index contributed by atoms with van der Waals surface area (Å²) in [6, 6.07) is 3.89. The lowest BCUT2D eigenvalue weighted by Gasteiger charge is -2.14. The van der Waals surface area contributed by atoms with Gasteiger partial charge in [0.25, 0.3) is 0 Å². The van der Waals surface area contributed by atoms with Gasteiger partial charge in [0.05, 0.1) is 10.6 Å². The van der Waals surface area contributed by atoms with E-state index in [9.17, 15) is 4.39 Å². The van der Waals surface area contributed by atoms with Crippen LogP contribution in [0.2, 0.25) is 5.02 Å². The van der Waals surface area contributed by atoms with Gasteiger partial charge < -0.3 is 10.2 Å². The number of hydrogen-bond donors (Lipinski definition) is 2. The zero-order chi connectivity index (χ0) is 15.6. The van der Waals surface area contributed by atoms with Crippen LogP contribution in [-0.4, -0.2) is 9.97 Å². The van der Waals surface area contributed by atoms with E-state index in [0.717, 1.165) is 0 Å². The summed E-state index contributed by atoms with van der Waals surface area (Å²) in [5.41, 5.74) is 3.16. The van der Waals surface area contributed by atoms with Crippen LogP contribution in [0.3, 0.4) is 0 Å². The molecule has 0 saturated carbocycles. The summed E-state index contributed by atoms with van der Waals surface area (Å²) in [7, 11) is 0. The van der Waals surface area contributed by atoms with Crippen LogP contribution in [0.4, 0.5) is 10.2 Å². The number of aromatic nitrogens is 2. The summed E-state index contributed by atoms with van der Waals surface area (Å²) in [5, 5.41) is 0.168. The number of rotatable bonds is 4. The molecule has 0 bridgehead atoms. The van der Waals surface area contributed by atoms with Crippen LogP contribution >= 0.6 is 11.6 Å². The molecule has 5 nitrogen and oxygen atoms in total. The largest absolute Gasteiger partial charge is 0.437 e. The molecule has 7 heteroatoms. The second-order valence-corrected chi connectivity index (χ2v) is 5.24. The van der Waals surface area contributed by atoms with E-state index < -0.39 is 5.82 Å². The van der Waals surface area contributed by atoms with E-state index in [1.165, 1.54) is 18.2 Å². The van der Waals surface area contributed by atoms with Gasteiger partial charge in [-0.2, -0.15) is 4.98 Å². The van der Waals surface area contributed by atoms with Gasteiger partial charge in [-0.15, -0.1) is 0 Å². The minimum Gasteiger partial charge on any atom is -0.437 e. The van der Waals surface area contributed by atoms with E-state index in [1.54, 1.807) is 6.92 Å². The highest BCUT2D eigenvalue weighted by atomic mass is 35.5. The third kappa shape index (κ3) is 3.40. The first-order valence-electron chi connectivity index (χ1n) is 6.40. The molecule has 1 heterocycles. The molecule has 0 aliphatic carbocycles. The van der Waals surface area contributed by atoms with Crippen LogP contribution in [0.1, 0.15) is 31.2 Å². The number of nitrogen functional groups attached to an aromatic ring is 1. The van der Waals surface area contributed by atoms with Crippen molar-refractivity contribution in [3.05, 3.63) is 40.4 Å². The molecule has 0 fully saturated rings. The predicted octanol–water partition coefficient (Wildman–Crippen LogP) is 3.78.